The van der Waals surface area contributed by atoms with Gasteiger partial charge in [-0.1, -0.05) is 6.07 Å². The number of amides is 1. The molecule has 0 spiro atoms. The van der Waals surface area contributed by atoms with Gasteiger partial charge >= 0.3 is 0 Å². The number of nitrogen functional groups attached to an aromatic ring is 1. The molecule has 1 aromatic heterocycles. The lowest BCUT2D eigenvalue weighted by atomic mass is 10.1. The van der Waals surface area contributed by atoms with Crippen LogP contribution in [0.15, 0.2) is 18.2 Å². The average molecular weight is 291 g/mol. The van der Waals surface area contributed by atoms with Crippen LogP contribution in [0.2, 0.25) is 0 Å². The fourth-order valence-electron chi connectivity index (χ4n) is 2.46. The highest BCUT2D eigenvalue weighted by Gasteiger charge is 2.24. The van der Waals surface area contributed by atoms with Gasteiger partial charge in [-0.25, -0.2) is 9.37 Å². The van der Waals surface area contributed by atoms with Gasteiger partial charge in [-0.05, 0) is 25.5 Å². The van der Waals surface area contributed by atoms with E-state index >= 15 is 0 Å². The molecule has 6 heteroatoms. The van der Waals surface area contributed by atoms with Crippen molar-refractivity contribution in [2.75, 3.05) is 17.2 Å². The number of carbonyl (C=O) groups excluding carboxylic acids is 1. The summed E-state index contributed by atoms with van der Waals surface area (Å²) in [6, 6.07) is 4.84. The minimum Gasteiger partial charge on any atom is -0.375 e. The molecule has 1 fully saturated rings. The lowest BCUT2D eigenvalue weighted by Gasteiger charge is -2.16. The molecule has 2 aromatic rings. The van der Waals surface area contributed by atoms with Crippen LogP contribution in [-0.4, -0.2) is 17.4 Å². The summed E-state index contributed by atoms with van der Waals surface area (Å²) in [6.07, 6.45) is 1.27. The predicted octanol–water partition coefficient (Wildman–Crippen LogP) is 2.97. The van der Waals surface area contributed by atoms with Crippen molar-refractivity contribution in [1.29, 1.82) is 0 Å². The molecule has 0 atom stereocenters. The SMILES string of the molecule is Cc1sc(N)nc1-c1ccc(N2CCCC2=O)c(F)c1. The van der Waals surface area contributed by atoms with E-state index in [2.05, 4.69) is 4.98 Å². The Morgan fingerprint density at radius 2 is 2.25 bits per heavy atom. The number of nitrogens with two attached hydrogens (primary N) is 1. The first-order valence-electron chi connectivity index (χ1n) is 6.39. The first kappa shape index (κ1) is 13.1. The lowest BCUT2D eigenvalue weighted by Crippen LogP contribution is -2.24. The zero-order valence-electron chi connectivity index (χ0n) is 11.0. The molecule has 1 aliphatic heterocycles. The van der Waals surface area contributed by atoms with Crippen molar-refractivity contribution in [2.45, 2.75) is 19.8 Å². The number of carbonyl (C=O) groups is 1. The van der Waals surface area contributed by atoms with E-state index < -0.39 is 5.82 Å². The van der Waals surface area contributed by atoms with Crippen LogP contribution in [0.1, 0.15) is 17.7 Å². The molecule has 1 saturated heterocycles. The summed E-state index contributed by atoms with van der Waals surface area (Å²) in [5.74, 6) is -0.422. The van der Waals surface area contributed by atoms with Gasteiger partial charge in [-0.3, -0.25) is 4.79 Å². The topological polar surface area (TPSA) is 59.2 Å². The maximum absolute atomic E-state index is 14.2. The second kappa shape index (κ2) is 4.86. The number of benzene rings is 1. The molecule has 1 aromatic carbocycles. The Bertz CT molecular complexity index is 683. The van der Waals surface area contributed by atoms with Crippen molar-refractivity contribution >= 4 is 28.1 Å². The number of rotatable bonds is 2. The van der Waals surface area contributed by atoms with Gasteiger partial charge in [0.05, 0.1) is 11.4 Å². The van der Waals surface area contributed by atoms with Gasteiger partial charge in [0.2, 0.25) is 5.91 Å². The summed E-state index contributed by atoms with van der Waals surface area (Å²) < 4.78 is 14.2. The average Bonchev–Trinajstić information content (AvgIpc) is 2.95. The zero-order valence-corrected chi connectivity index (χ0v) is 11.8. The summed E-state index contributed by atoms with van der Waals surface area (Å²) in [4.78, 5) is 18.3. The van der Waals surface area contributed by atoms with E-state index in [4.69, 9.17) is 5.73 Å². The maximum Gasteiger partial charge on any atom is 0.227 e. The number of anilines is 2. The number of aryl methyl sites for hydroxylation is 1. The molecule has 3 rings (SSSR count). The smallest absolute Gasteiger partial charge is 0.227 e. The molecule has 1 aliphatic rings. The van der Waals surface area contributed by atoms with Crippen molar-refractivity contribution in [2.24, 2.45) is 0 Å². The quantitative estimate of drug-likeness (QED) is 0.925. The predicted molar refractivity (Wildman–Crippen MR) is 78.2 cm³/mol. The van der Waals surface area contributed by atoms with E-state index in [1.807, 2.05) is 6.92 Å². The Hall–Kier alpha value is -1.95. The van der Waals surface area contributed by atoms with Gasteiger partial charge in [0.25, 0.3) is 0 Å². The number of halogens is 1. The van der Waals surface area contributed by atoms with Gasteiger partial charge in [-0.2, -0.15) is 0 Å². The van der Waals surface area contributed by atoms with Crippen molar-refractivity contribution < 1.29 is 9.18 Å². The molecule has 20 heavy (non-hydrogen) atoms. The zero-order chi connectivity index (χ0) is 14.3. The van der Waals surface area contributed by atoms with Gasteiger partial charge in [-0.15, -0.1) is 11.3 Å². The molecule has 4 nitrogen and oxygen atoms in total. The third kappa shape index (κ3) is 2.16. The van der Waals surface area contributed by atoms with Crippen molar-refractivity contribution in [1.82, 2.24) is 4.98 Å². The second-order valence-electron chi connectivity index (χ2n) is 4.77. The highest BCUT2D eigenvalue weighted by atomic mass is 32.1. The monoisotopic (exact) mass is 291 g/mol. The van der Waals surface area contributed by atoms with E-state index in [0.29, 0.717) is 35.0 Å². The van der Waals surface area contributed by atoms with Crippen molar-refractivity contribution in [3.8, 4) is 11.3 Å². The lowest BCUT2D eigenvalue weighted by molar-refractivity contribution is -0.117. The molecule has 0 saturated carbocycles. The Balaban J connectivity index is 1.99. The van der Waals surface area contributed by atoms with Crippen LogP contribution < -0.4 is 10.6 Å². The molecular formula is C14H14FN3OS. The maximum atomic E-state index is 14.2. The summed E-state index contributed by atoms with van der Waals surface area (Å²) in [7, 11) is 0. The molecule has 0 aliphatic carbocycles. The first-order valence-corrected chi connectivity index (χ1v) is 7.21. The largest absolute Gasteiger partial charge is 0.375 e. The van der Waals surface area contributed by atoms with E-state index in [1.54, 1.807) is 12.1 Å². The third-order valence-corrected chi connectivity index (χ3v) is 4.20. The molecule has 0 unspecified atom stereocenters. The van der Waals surface area contributed by atoms with Crippen LogP contribution in [0, 0.1) is 12.7 Å². The van der Waals surface area contributed by atoms with Crippen molar-refractivity contribution in [3.05, 3.63) is 28.9 Å². The fourth-order valence-corrected chi connectivity index (χ4v) is 3.17. The minimum atomic E-state index is -0.399. The van der Waals surface area contributed by atoms with Gasteiger partial charge in [0, 0.05) is 23.4 Å². The van der Waals surface area contributed by atoms with Gasteiger partial charge in [0.15, 0.2) is 5.13 Å². The molecule has 2 heterocycles. The molecule has 0 bridgehead atoms. The number of hydrogen-bond donors (Lipinski definition) is 1. The standard InChI is InChI=1S/C14H14FN3OS/c1-8-13(17-14(16)20-8)9-4-5-11(10(15)7-9)18-6-2-3-12(18)19/h4-5,7H,2-3,6H2,1H3,(H2,16,17). The normalized spacial score (nSPS) is 15.1. The van der Waals surface area contributed by atoms with E-state index in [0.717, 1.165) is 11.3 Å². The summed E-state index contributed by atoms with van der Waals surface area (Å²) in [5, 5.41) is 0.469. The van der Waals surface area contributed by atoms with E-state index in [9.17, 15) is 9.18 Å². The van der Waals surface area contributed by atoms with Crippen LogP contribution in [0.25, 0.3) is 11.3 Å². The van der Waals surface area contributed by atoms with Crippen LogP contribution in [-0.2, 0) is 4.79 Å². The first-order chi connectivity index (χ1) is 9.56. The van der Waals surface area contributed by atoms with Gasteiger partial charge < -0.3 is 10.6 Å². The van der Waals surface area contributed by atoms with E-state index in [-0.39, 0.29) is 5.91 Å². The Kier molecular flexibility index (Phi) is 3.17. The number of hydrogen-bond acceptors (Lipinski definition) is 4. The van der Waals surface area contributed by atoms with E-state index in [1.165, 1.54) is 22.3 Å². The molecule has 104 valence electrons. The highest BCUT2D eigenvalue weighted by molar-refractivity contribution is 7.15. The number of aromatic nitrogens is 1. The number of nitrogens with zero attached hydrogens (tertiary/aromatic N) is 2. The molecule has 2 N–H and O–H groups in total. The minimum absolute atomic E-state index is 0.0225. The Morgan fingerprint density at radius 1 is 1.45 bits per heavy atom. The summed E-state index contributed by atoms with van der Waals surface area (Å²) in [5.41, 5.74) is 7.39. The Labute approximate surface area is 120 Å². The van der Waals surface area contributed by atoms with Gasteiger partial charge in [0.1, 0.15) is 5.82 Å². The van der Waals surface area contributed by atoms with Crippen LogP contribution in [0.4, 0.5) is 15.2 Å². The van der Waals surface area contributed by atoms with Crippen molar-refractivity contribution in [3.63, 3.8) is 0 Å². The van der Waals surface area contributed by atoms with Crippen LogP contribution in [0.3, 0.4) is 0 Å². The number of thiazole rings is 1. The molecule has 0 radical (unpaired) electrons. The molecular weight excluding hydrogens is 277 g/mol. The fraction of sp³-hybridized carbons (Fsp3) is 0.286. The molecule has 1 amide bonds. The third-order valence-electron chi connectivity index (χ3n) is 3.40. The summed E-state index contributed by atoms with van der Waals surface area (Å²) >= 11 is 1.38. The summed E-state index contributed by atoms with van der Waals surface area (Å²) in [6.45, 7) is 2.48. The highest BCUT2D eigenvalue weighted by Crippen LogP contribution is 2.32. The van der Waals surface area contributed by atoms with Crippen LogP contribution in [0.5, 0.6) is 0 Å². The van der Waals surface area contributed by atoms with Crippen LogP contribution >= 0.6 is 11.3 Å². The second-order valence-corrected chi connectivity index (χ2v) is 6.01. The Morgan fingerprint density at radius 3 is 2.80 bits per heavy atom.